The van der Waals surface area contributed by atoms with E-state index in [4.69, 9.17) is 0 Å². The molecule has 1 saturated heterocycles. The predicted octanol–water partition coefficient (Wildman–Crippen LogP) is 3.57. The van der Waals surface area contributed by atoms with Crippen LogP contribution in [0.25, 0.3) is 0 Å². The molecule has 3 fully saturated rings. The van der Waals surface area contributed by atoms with E-state index in [1.54, 1.807) is 0 Å². The molecule has 0 aromatic heterocycles. The van der Waals surface area contributed by atoms with Crippen molar-refractivity contribution in [1.29, 1.82) is 0 Å². The third-order valence-corrected chi connectivity index (χ3v) is 5.91. The number of aliphatic carboxylic acids is 1. The second-order valence-electron chi connectivity index (χ2n) is 7.35. The van der Waals surface area contributed by atoms with Crippen LogP contribution in [0.1, 0.15) is 50.5 Å². The zero-order valence-corrected chi connectivity index (χ0v) is 12.5. The van der Waals surface area contributed by atoms with Gasteiger partial charge in [-0.3, -0.25) is 4.79 Å². The summed E-state index contributed by atoms with van der Waals surface area (Å²) in [5, 5.41) is 9.35. The highest BCUT2D eigenvalue weighted by Gasteiger charge is 2.51. The zero-order valence-electron chi connectivity index (χ0n) is 12.5. The van der Waals surface area contributed by atoms with Gasteiger partial charge in [0.1, 0.15) is 0 Å². The van der Waals surface area contributed by atoms with E-state index in [-0.39, 0.29) is 0 Å². The van der Waals surface area contributed by atoms with Crippen LogP contribution in [0.3, 0.4) is 0 Å². The molecule has 3 heteroatoms. The van der Waals surface area contributed by atoms with Gasteiger partial charge in [0.05, 0.1) is 5.41 Å². The number of rotatable bonds is 3. The largest absolute Gasteiger partial charge is 0.481 e. The number of carboxylic acids is 1. The van der Waals surface area contributed by atoms with Crippen LogP contribution in [0, 0.1) is 5.41 Å². The van der Waals surface area contributed by atoms with Crippen molar-refractivity contribution >= 4 is 11.7 Å². The molecule has 2 aliphatic carbocycles. The second-order valence-corrected chi connectivity index (χ2v) is 7.35. The Morgan fingerprint density at radius 1 is 0.952 bits per heavy atom. The van der Waals surface area contributed by atoms with Gasteiger partial charge in [-0.15, -0.1) is 0 Å². The van der Waals surface area contributed by atoms with E-state index >= 15 is 0 Å². The summed E-state index contributed by atoms with van der Waals surface area (Å²) >= 11 is 0. The molecule has 0 atom stereocenters. The van der Waals surface area contributed by atoms with Gasteiger partial charge in [0.15, 0.2) is 0 Å². The van der Waals surface area contributed by atoms with Crippen LogP contribution in [0.4, 0.5) is 5.69 Å². The van der Waals surface area contributed by atoms with E-state index in [1.807, 2.05) is 12.1 Å². The predicted molar refractivity (Wildman–Crippen MR) is 82.7 cm³/mol. The minimum absolute atomic E-state index is 0.571. The van der Waals surface area contributed by atoms with Crippen LogP contribution in [0.5, 0.6) is 0 Å². The molecule has 21 heavy (non-hydrogen) atoms. The van der Waals surface area contributed by atoms with Gasteiger partial charge in [0.25, 0.3) is 0 Å². The molecular formula is C18H23NO2. The van der Waals surface area contributed by atoms with Gasteiger partial charge in [-0.2, -0.15) is 0 Å². The molecule has 0 radical (unpaired) electrons. The molecule has 2 saturated carbocycles. The number of carboxylic acid groups (broad SMARTS) is 1. The van der Waals surface area contributed by atoms with E-state index < -0.39 is 11.4 Å². The molecule has 0 unspecified atom stereocenters. The van der Waals surface area contributed by atoms with Crippen LogP contribution >= 0.6 is 0 Å². The van der Waals surface area contributed by atoms with Crippen molar-refractivity contribution in [1.82, 2.24) is 0 Å². The number of anilines is 1. The first-order valence-corrected chi connectivity index (χ1v) is 8.23. The third-order valence-electron chi connectivity index (χ3n) is 5.91. The number of nitrogens with zero attached hydrogens (tertiary/aromatic N) is 1. The van der Waals surface area contributed by atoms with E-state index in [9.17, 15) is 9.90 Å². The summed E-state index contributed by atoms with van der Waals surface area (Å²) in [5.74, 6) is -0.666. The minimum Gasteiger partial charge on any atom is -0.481 e. The van der Waals surface area contributed by atoms with Gasteiger partial charge in [0.2, 0.25) is 0 Å². The van der Waals surface area contributed by atoms with Gasteiger partial charge in [-0.05, 0) is 43.4 Å². The molecule has 1 spiro atoms. The summed E-state index contributed by atoms with van der Waals surface area (Å²) < 4.78 is 0. The quantitative estimate of drug-likeness (QED) is 0.923. The van der Waals surface area contributed by atoms with E-state index in [0.29, 0.717) is 5.41 Å². The monoisotopic (exact) mass is 285 g/mol. The molecule has 1 aromatic rings. The molecular weight excluding hydrogens is 262 g/mol. The fraction of sp³-hybridized carbons (Fsp3) is 0.611. The normalized spacial score (nSPS) is 25.4. The highest BCUT2D eigenvalue weighted by Crippen LogP contribution is 2.49. The first kappa shape index (κ1) is 13.2. The average molecular weight is 285 g/mol. The summed E-state index contributed by atoms with van der Waals surface area (Å²) in [6.45, 7) is 2.38. The Kier molecular flexibility index (Phi) is 2.82. The Hall–Kier alpha value is -1.51. The zero-order chi connectivity index (χ0) is 14.5. The first-order valence-electron chi connectivity index (χ1n) is 8.23. The van der Waals surface area contributed by atoms with Crippen molar-refractivity contribution in [3.8, 4) is 0 Å². The van der Waals surface area contributed by atoms with Crippen molar-refractivity contribution in [2.45, 2.75) is 50.4 Å². The van der Waals surface area contributed by atoms with Gasteiger partial charge in [-0.25, -0.2) is 0 Å². The fourth-order valence-corrected chi connectivity index (χ4v) is 4.31. The lowest BCUT2D eigenvalue weighted by molar-refractivity contribution is -0.140. The lowest BCUT2D eigenvalue weighted by Crippen LogP contribution is -2.57. The number of hydrogen-bond acceptors (Lipinski definition) is 2. The van der Waals surface area contributed by atoms with Crippen molar-refractivity contribution in [3.05, 3.63) is 29.8 Å². The van der Waals surface area contributed by atoms with Crippen LogP contribution in [0.2, 0.25) is 0 Å². The summed E-state index contributed by atoms with van der Waals surface area (Å²) in [4.78, 5) is 13.8. The molecule has 1 heterocycles. The molecule has 0 bridgehead atoms. The average Bonchev–Trinajstić information content (AvgIpc) is 3.27. The lowest BCUT2D eigenvalue weighted by atomic mass is 9.68. The summed E-state index contributed by atoms with van der Waals surface area (Å²) in [6.07, 6.45) is 8.56. The highest BCUT2D eigenvalue weighted by molar-refractivity contribution is 5.85. The maximum absolute atomic E-state index is 11.4. The third kappa shape index (κ3) is 2.05. The van der Waals surface area contributed by atoms with Gasteiger partial charge in [0, 0.05) is 24.2 Å². The molecule has 4 rings (SSSR count). The minimum atomic E-state index is -0.666. The Morgan fingerprint density at radius 3 is 2.10 bits per heavy atom. The smallest absolute Gasteiger partial charge is 0.314 e. The van der Waals surface area contributed by atoms with E-state index in [2.05, 4.69) is 17.0 Å². The first-order chi connectivity index (χ1) is 10.1. The van der Waals surface area contributed by atoms with Crippen LogP contribution < -0.4 is 4.90 Å². The maximum Gasteiger partial charge on any atom is 0.314 e. The summed E-state index contributed by atoms with van der Waals surface area (Å²) in [7, 11) is 0. The Balaban J connectivity index is 1.45. The summed E-state index contributed by atoms with van der Waals surface area (Å²) in [5.41, 5.74) is 2.26. The van der Waals surface area contributed by atoms with Crippen LogP contribution in [-0.4, -0.2) is 24.2 Å². The van der Waals surface area contributed by atoms with Crippen molar-refractivity contribution in [2.75, 3.05) is 18.0 Å². The Morgan fingerprint density at radius 2 is 1.57 bits per heavy atom. The topological polar surface area (TPSA) is 40.5 Å². The molecule has 1 aromatic carbocycles. The number of carbonyl (C=O) groups is 1. The second kappa shape index (κ2) is 4.49. The lowest BCUT2D eigenvalue weighted by Gasteiger charge is -2.53. The molecule has 1 N–H and O–H groups in total. The van der Waals surface area contributed by atoms with Gasteiger partial charge < -0.3 is 10.0 Å². The van der Waals surface area contributed by atoms with Crippen molar-refractivity contribution in [3.63, 3.8) is 0 Å². The van der Waals surface area contributed by atoms with Crippen LogP contribution in [-0.2, 0) is 10.2 Å². The molecule has 1 aliphatic heterocycles. The molecule has 3 nitrogen and oxygen atoms in total. The van der Waals surface area contributed by atoms with E-state index in [1.165, 1.54) is 50.9 Å². The van der Waals surface area contributed by atoms with Crippen molar-refractivity contribution in [2.24, 2.45) is 5.41 Å². The SMILES string of the molecule is O=C(O)C1(c2ccc(N3CC4(CCCCC4)C3)cc2)CC1. The Labute approximate surface area is 126 Å². The maximum atomic E-state index is 11.4. The Bertz CT molecular complexity index is 545. The number of benzene rings is 1. The van der Waals surface area contributed by atoms with Gasteiger partial charge >= 0.3 is 5.97 Å². The molecule has 0 amide bonds. The molecule has 112 valence electrons. The van der Waals surface area contributed by atoms with Crippen molar-refractivity contribution < 1.29 is 9.90 Å². The van der Waals surface area contributed by atoms with E-state index in [0.717, 1.165) is 18.4 Å². The highest BCUT2D eigenvalue weighted by atomic mass is 16.4. The van der Waals surface area contributed by atoms with Gasteiger partial charge in [-0.1, -0.05) is 31.4 Å². The van der Waals surface area contributed by atoms with Crippen LogP contribution in [0.15, 0.2) is 24.3 Å². The summed E-state index contributed by atoms with van der Waals surface area (Å²) in [6, 6.07) is 8.30. The fourth-order valence-electron chi connectivity index (χ4n) is 4.31. The molecule has 3 aliphatic rings. The number of hydrogen-bond donors (Lipinski definition) is 1. The standard InChI is InChI=1S/C18H23NO2/c20-16(21)18(10-11-18)14-4-6-15(7-5-14)19-12-17(13-19)8-2-1-3-9-17/h4-7H,1-3,8-13H2,(H,20,21).